The fourth-order valence-corrected chi connectivity index (χ4v) is 2.02. The predicted octanol–water partition coefficient (Wildman–Crippen LogP) is 2.74. The topological polar surface area (TPSA) is 39.2 Å². The molecule has 0 unspecified atom stereocenters. The summed E-state index contributed by atoms with van der Waals surface area (Å²) in [6.07, 6.45) is 0. The van der Waals surface area contributed by atoms with Crippen LogP contribution in [0.3, 0.4) is 0 Å². The first-order valence-corrected chi connectivity index (χ1v) is 6.97. The van der Waals surface area contributed by atoms with E-state index in [1.165, 1.54) is 7.11 Å². The van der Waals surface area contributed by atoms with E-state index in [4.69, 9.17) is 0 Å². The molecule has 1 rings (SSSR count). The van der Waals surface area contributed by atoms with Gasteiger partial charge in [-0.15, -0.1) is 0 Å². The molecule has 0 radical (unpaired) electrons. The van der Waals surface area contributed by atoms with Gasteiger partial charge >= 0.3 is 5.97 Å². The summed E-state index contributed by atoms with van der Waals surface area (Å²) in [5.74, 6) is -0.316. The third-order valence-corrected chi connectivity index (χ3v) is 3.20. The molecular formula is C9H9I2NO2. The maximum absolute atomic E-state index is 11.3. The lowest BCUT2D eigenvalue weighted by Crippen LogP contribution is -2.07. The molecule has 5 heteroatoms. The van der Waals surface area contributed by atoms with Crippen molar-refractivity contribution in [2.24, 2.45) is 0 Å². The van der Waals surface area contributed by atoms with Crippen LogP contribution >= 0.6 is 45.2 Å². The van der Waals surface area contributed by atoms with Crippen LogP contribution in [0.25, 0.3) is 0 Å². The highest BCUT2D eigenvalue weighted by Gasteiger charge is 2.12. The van der Waals surface area contributed by atoms with Gasteiger partial charge in [-0.25, -0.2) is 4.79 Å². The number of alkyl halides is 2. The van der Waals surface area contributed by atoms with E-state index in [0.717, 1.165) is 15.8 Å². The van der Waals surface area contributed by atoms with Gasteiger partial charge in [-0.3, -0.25) is 4.98 Å². The van der Waals surface area contributed by atoms with E-state index in [1.54, 1.807) is 6.07 Å². The largest absolute Gasteiger partial charge is 0.465 e. The molecule has 1 aromatic heterocycles. The van der Waals surface area contributed by atoms with Gasteiger partial charge in [-0.05, 0) is 12.1 Å². The highest BCUT2D eigenvalue weighted by atomic mass is 127. The van der Waals surface area contributed by atoms with Crippen molar-refractivity contribution in [3.05, 3.63) is 29.1 Å². The molecule has 0 amide bonds. The molecule has 0 saturated heterocycles. The number of ether oxygens (including phenoxy) is 1. The van der Waals surface area contributed by atoms with Gasteiger partial charge in [0.15, 0.2) is 0 Å². The summed E-state index contributed by atoms with van der Waals surface area (Å²) in [4.78, 5) is 15.7. The number of aromatic nitrogens is 1. The number of hydrogen-bond acceptors (Lipinski definition) is 3. The monoisotopic (exact) mass is 417 g/mol. The number of nitrogens with zero attached hydrogens (tertiary/aromatic N) is 1. The highest BCUT2D eigenvalue weighted by Crippen LogP contribution is 2.14. The molecule has 0 aromatic carbocycles. The molecule has 14 heavy (non-hydrogen) atoms. The predicted molar refractivity (Wildman–Crippen MR) is 71.0 cm³/mol. The van der Waals surface area contributed by atoms with Crippen molar-refractivity contribution >= 4 is 51.2 Å². The van der Waals surface area contributed by atoms with Gasteiger partial charge in [0.25, 0.3) is 0 Å². The molecule has 0 aliphatic rings. The summed E-state index contributed by atoms with van der Waals surface area (Å²) >= 11 is 4.43. The van der Waals surface area contributed by atoms with Crippen LogP contribution in [-0.2, 0) is 13.6 Å². The molecule has 0 bridgehead atoms. The zero-order valence-corrected chi connectivity index (χ0v) is 11.9. The van der Waals surface area contributed by atoms with Gasteiger partial charge in [0.05, 0.1) is 24.1 Å². The van der Waals surface area contributed by atoms with Gasteiger partial charge in [-0.1, -0.05) is 45.2 Å². The molecule has 1 heterocycles. The van der Waals surface area contributed by atoms with Crippen LogP contribution in [0.2, 0.25) is 0 Å². The molecular weight excluding hydrogens is 408 g/mol. The van der Waals surface area contributed by atoms with Crippen LogP contribution in [0.5, 0.6) is 0 Å². The molecule has 0 saturated carbocycles. The summed E-state index contributed by atoms with van der Waals surface area (Å²) in [6.45, 7) is 0. The number of carbonyl (C=O) groups excluding carboxylic acids is 1. The third kappa shape index (κ3) is 2.78. The first-order valence-electron chi connectivity index (χ1n) is 3.92. The lowest BCUT2D eigenvalue weighted by Gasteiger charge is -2.05. The SMILES string of the molecule is COC(=O)c1ccc(CI)nc1CI. The molecule has 76 valence electrons. The first-order chi connectivity index (χ1) is 6.72. The minimum Gasteiger partial charge on any atom is -0.465 e. The summed E-state index contributed by atoms with van der Waals surface area (Å²) in [7, 11) is 1.38. The van der Waals surface area contributed by atoms with Crippen molar-refractivity contribution in [2.75, 3.05) is 7.11 Å². The second-order valence-corrected chi connectivity index (χ2v) is 4.08. The fourth-order valence-electron chi connectivity index (χ4n) is 1.02. The highest BCUT2D eigenvalue weighted by molar-refractivity contribution is 14.1. The molecule has 0 spiro atoms. The average molecular weight is 417 g/mol. The Balaban J connectivity index is 3.11. The van der Waals surface area contributed by atoms with Crippen molar-refractivity contribution in [1.82, 2.24) is 4.98 Å². The molecule has 0 fully saturated rings. The molecule has 3 nitrogen and oxygen atoms in total. The Morgan fingerprint density at radius 2 is 2.14 bits per heavy atom. The lowest BCUT2D eigenvalue weighted by molar-refractivity contribution is 0.0599. The summed E-state index contributed by atoms with van der Waals surface area (Å²) in [6, 6.07) is 3.63. The van der Waals surface area contributed by atoms with E-state index in [-0.39, 0.29) is 5.97 Å². The molecule has 0 N–H and O–H groups in total. The van der Waals surface area contributed by atoms with Crippen molar-refractivity contribution in [1.29, 1.82) is 0 Å². The van der Waals surface area contributed by atoms with Gasteiger partial charge in [0.2, 0.25) is 0 Å². The van der Waals surface area contributed by atoms with E-state index < -0.39 is 0 Å². The molecule has 0 aliphatic carbocycles. The Labute approximate surface area is 110 Å². The van der Waals surface area contributed by atoms with E-state index in [1.807, 2.05) is 6.07 Å². The van der Waals surface area contributed by atoms with Gasteiger partial charge in [0.1, 0.15) is 0 Å². The first kappa shape index (κ1) is 12.2. The minimum absolute atomic E-state index is 0.316. The maximum Gasteiger partial charge on any atom is 0.339 e. The van der Waals surface area contributed by atoms with Gasteiger partial charge < -0.3 is 4.74 Å². The number of carbonyl (C=O) groups is 1. The quantitative estimate of drug-likeness (QED) is 0.432. The lowest BCUT2D eigenvalue weighted by atomic mass is 10.2. The summed E-state index contributed by atoms with van der Waals surface area (Å²) in [5, 5.41) is 0. The number of pyridine rings is 1. The van der Waals surface area contributed by atoms with Crippen LogP contribution in [0.1, 0.15) is 21.7 Å². The number of methoxy groups -OCH3 is 1. The van der Waals surface area contributed by atoms with Crippen LogP contribution in [-0.4, -0.2) is 18.1 Å². The Morgan fingerprint density at radius 3 is 2.64 bits per heavy atom. The van der Waals surface area contributed by atoms with Gasteiger partial charge in [-0.2, -0.15) is 0 Å². The van der Waals surface area contributed by atoms with Crippen LogP contribution in [0, 0.1) is 0 Å². The Bertz CT molecular complexity index is 342. The smallest absolute Gasteiger partial charge is 0.339 e. The van der Waals surface area contributed by atoms with Crippen molar-refractivity contribution in [3.8, 4) is 0 Å². The van der Waals surface area contributed by atoms with E-state index in [0.29, 0.717) is 9.99 Å². The van der Waals surface area contributed by atoms with Crippen LogP contribution in [0.4, 0.5) is 0 Å². The maximum atomic E-state index is 11.3. The number of rotatable bonds is 3. The molecule has 0 atom stereocenters. The normalized spacial score (nSPS) is 9.93. The van der Waals surface area contributed by atoms with Crippen LogP contribution in [0.15, 0.2) is 12.1 Å². The Morgan fingerprint density at radius 1 is 1.43 bits per heavy atom. The number of esters is 1. The average Bonchev–Trinajstić information content (AvgIpc) is 2.27. The Hall–Kier alpha value is 0.0800. The summed E-state index contributed by atoms with van der Waals surface area (Å²) in [5.41, 5.74) is 2.35. The van der Waals surface area contributed by atoms with E-state index in [9.17, 15) is 4.79 Å². The van der Waals surface area contributed by atoms with Crippen LogP contribution < -0.4 is 0 Å². The van der Waals surface area contributed by atoms with Crippen molar-refractivity contribution in [2.45, 2.75) is 8.86 Å². The second-order valence-electron chi connectivity index (χ2n) is 2.56. The number of hydrogen-bond donors (Lipinski definition) is 0. The van der Waals surface area contributed by atoms with Crippen molar-refractivity contribution in [3.63, 3.8) is 0 Å². The molecule has 1 aromatic rings. The fraction of sp³-hybridized carbons (Fsp3) is 0.333. The standard InChI is InChI=1S/C9H9I2NO2/c1-14-9(13)7-3-2-6(4-10)12-8(7)5-11/h2-3H,4-5H2,1H3. The summed E-state index contributed by atoms with van der Waals surface area (Å²) < 4.78 is 6.23. The zero-order valence-electron chi connectivity index (χ0n) is 7.59. The van der Waals surface area contributed by atoms with E-state index >= 15 is 0 Å². The van der Waals surface area contributed by atoms with Gasteiger partial charge in [0, 0.05) is 8.86 Å². The van der Waals surface area contributed by atoms with Crippen molar-refractivity contribution < 1.29 is 9.53 Å². The number of halogens is 2. The van der Waals surface area contributed by atoms with E-state index in [2.05, 4.69) is 54.9 Å². The second kappa shape index (κ2) is 5.84. The molecule has 0 aliphatic heterocycles. The zero-order chi connectivity index (χ0) is 10.6. The Kier molecular flexibility index (Phi) is 5.07. The third-order valence-electron chi connectivity index (χ3n) is 1.70. The minimum atomic E-state index is -0.316.